The topological polar surface area (TPSA) is 69.5 Å². The van der Waals surface area contributed by atoms with Crippen LogP contribution >= 0.6 is 0 Å². The number of anilines is 1. The van der Waals surface area contributed by atoms with Crippen LogP contribution in [-0.2, 0) is 0 Å². The van der Waals surface area contributed by atoms with E-state index in [1.165, 1.54) is 12.8 Å². The Labute approximate surface area is 101 Å². The van der Waals surface area contributed by atoms with Gasteiger partial charge in [-0.25, -0.2) is 9.97 Å². The highest BCUT2D eigenvalue weighted by molar-refractivity contribution is 5.40. The summed E-state index contributed by atoms with van der Waals surface area (Å²) >= 11 is 0. The van der Waals surface area contributed by atoms with E-state index in [9.17, 15) is 0 Å². The van der Waals surface area contributed by atoms with Crippen LogP contribution in [0.3, 0.4) is 0 Å². The Balaban J connectivity index is 2.21. The zero-order valence-corrected chi connectivity index (χ0v) is 10.1. The van der Waals surface area contributed by atoms with Crippen molar-refractivity contribution in [2.45, 2.75) is 25.7 Å². The van der Waals surface area contributed by atoms with Crippen molar-refractivity contribution in [1.29, 1.82) is 0 Å². The molecule has 0 bridgehead atoms. The maximum Gasteiger partial charge on any atom is 0.134 e. The predicted octanol–water partition coefficient (Wildman–Crippen LogP) is 0.453. The van der Waals surface area contributed by atoms with Crippen LogP contribution in [0.1, 0.15) is 30.3 Å². The Morgan fingerprint density at radius 3 is 2.41 bits per heavy atom. The van der Waals surface area contributed by atoms with Gasteiger partial charge in [-0.1, -0.05) is 0 Å². The standard InChI is InChI=1S/C12H19N3O2/c1-9-8-11(15(4-6-16)5-7-17)14-12(13-9)10-2-3-10/h8,10,16-17H,2-7H2,1H3. The lowest BCUT2D eigenvalue weighted by Gasteiger charge is -2.22. The molecule has 0 saturated heterocycles. The summed E-state index contributed by atoms with van der Waals surface area (Å²) in [6.45, 7) is 3.04. The summed E-state index contributed by atoms with van der Waals surface area (Å²) < 4.78 is 0. The van der Waals surface area contributed by atoms with Gasteiger partial charge in [0.05, 0.1) is 13.2 Å². The van der Waals surface area contributed by atoms with Crippen molar-refractivity contribution in [2.24, 2.45) is 0 Å². The summed E-state index contributed by atoms with van der Waals surface area (Å²) in [5.74, 6) is 2.22. The van der Waals surface area contributed by atoms with Crippen LogP contribution in [0.25, 0.3) is 0 Å². The number of aliphatic hydroxyl groups is 2. The molecule has 5 heteroatoms. The smallest absolute Gasteiger partial charge is 0.134 e. The second-order valence-corrected chi connectivity index (χ2v) is 4.43. The van der Waals surface area contributed by atoms with Gasteiger partial charge in [-0.15, -0.1) is 0 Å². The molecule has 17 heavy (non-hydrogen) atoms. The van der Waals surface area contributed by atoms with Crippen molar-refractivity contribution < 1.29 is 10.2 Å². The minimum Gasteiger partial charge on any atom is -0.395 e. The van der Waals surface area contributed by atoms with E-state index < -0.39 is 0 Å². The highest BCUT2D eigenvalue weighted by Crippen LogP contribution is 2.38. The highest BCUT2D eigenvalue weighted by Gasteiger charge is 2.27. The molecule has 0 unspecified atom stereocenters. The minimum absolute atomic E-state index is 0.0574. The molecule has 0 spiro atoms. The Kier molecular flexibility index (Phi) is 3.91. The van der Waals surface area contributed by atoms with Gasteiger partial charge < -0.3 is 15.1 Å². The normalized spacial score (nSPS) is 15.0. The third kappa shape index (κ3) is 3.14. The average Bonchev–Trinajstić information content (AvgIpc) is 3.12. The first kappa shape index (κ1) is 12.3. The molecule has 5 nitrogen and oxygen atoms in total. The number of aryl methyl sites for hydroxylation is 1. The van der Waals surface area contributed by atoms with E-state index in [1.807, 2.05) is 17.9 Å². The van der Waals surface area contributed by atoms with Gasteiger partial charge in [0.15, 0.2) is 0 Å². The molecule has 94 valence electrons. The number of aliphatic hydroxyl groups excluding tert-OH is 2. The van der Waals surface area contributed by atoms with Gasteiger partial charge in [-0.05, 0) is 19.8 Å². The number of hydrogen-bond donors (Lipinski definition) is 2. The van der Waals surface area contributed by atoms with E-state index in [0.29, 0.717) is 19.0 Å². The summed E-state index contributed by atoms with van der Waals surface area (Å²) in [5, 5.41) is 18.0. The van der Waals surface area contributed by atoms with Gasteiger partial charge >= 0.3 is 0 Å². The van der Waals surface area contributed by atoms with Crippen molar-refractivity contribution in [2.75, 3.05) is 31.2 Å². The molecule has 0 radical (unpaired) electrons. The molecule has 2 rings (SSSR count). The summed E-state index contributed by atoms with van der Waals surface area (Å²) in [6.07, 6.45) is 2.34. The lowest BCUT2D eigenvalue weighted by atomic mass is 10.3. The molecule has 2 N–H and O–H groups in total. The molecular weight excluding hydrogens is 218 g/mol. The average molecular weight is 237 g/mol. The number of aromatic nitrogens is 2. The maximum absolute atomic E-state index is 9.02. The fourth-order valence-corrected chi connectivity index (χ4v) is 1.84. The van der Waals surface area contributed by atoms with Crippen LogP contribution in [0.4, 0.5) is 5.82 Å². The van der Waals surface area contributed by atoms with Crippen molar-refractivity contribution >= 4 is 5.82 Å². The molecular formula is C12H19N3O2. The monoisotopic (exact) mass is 237 g/mol. The Bertz CT molecular complexity index is 374. The molecule has 1 saturated carbocycles. The molecule has 1 aromatic rings. The van der Waals surface area contributed by atoms with Crippen LogP contribution in [0.2, 0.25) is 0 Å². The van der Waals surface area contributed by atoms with Crippen LogP contribution in [0.15, 0.2) is 6.07 Å². The second kappa shape index (κ2) is 5.42. The quantitative estimate of drug-likeness (QED) is 0.752. The second-order valence-electron chi connectivity index (χ2n) is 4.43. The summed E-state index contributed by atoms with van der Waals surface area (Å²) in [6, 6.07) is 1.90. The van der Waals surface area contributed by atoms with Gasteiger partial charge in [-0.2, -0.15) is 0 Å². The SMILES string of the molecule is Cc1cc(N(CCO)CCO)nc(C2CC2)n1. The van der Waals surface area contributed by atoms with E-state index in [1.54, 1.807) is 0 Å². The summed E-state index contributed by atoms with van der Waals surface area (Å²) in [5.41, 5.74) is 0.942. The van der Waals surface area contributed by atoms with Crippen LogP contribution < -0.4 is 4.90 Å². The maximum atomic E-state index is 9.02. The first-order chi connectivity index (χ1) is 8.24. The Hall–Kier alpha value is -1.20. The molecule has 0 amide bonds. The number of rotatable bonds is 6. The molecule has 0 aromatic carbocycles. The van der Waals surface area contributed by atoms with Crippen LogP contribution in [0, 0.1) is 6.92 Å². The molecule has 1 aliphatic carbocycles. The van der Waals surface area contributed by atoms with E-state index in [0.717, 1.165) is 17.3 Å². The van der Waals surface area contributed by atoms with E-state index >= 15 is 0 Å². The molecule has 1 aromatic heterocycles. The molecule has 1 heterocycles. The third-order valence-electron chi connectivity index (χ3n) is 2.86. The number of nitrogens with zero attached hydrogens (tertiary/aromatic N) is 3. The predicted molar refractivity (Wildman–Crippen MR) is 65.1 cm³/mol. The third-order valence-corrected chi connectivity index (χ3v) is 2.86. The lowest BCUT2D eigenvalue weighted by molar-refractivity contribution is 0.280. The largest absolute Gasteiger partial charge is 0.395 e. The van der Waals surface area contributed by atoms with Crippen LogP contribution in [0.5, 0.6) is 0 Å². The van der Waals surface area contributed by atoms with E-state index in [4.69, 9.17) is 10.2 Å². The van der Waals surface area contributed by atoms with Gasteiger partial charge in [0.1, 0.15) is 11.6 Å². The zero-order valence-electron chi connectivity index (χ0n) is 10.1. The first-order valence-corrected chi connectivity index (χ1v) is 6.07. The first-order valence-electron chi connectivity index (χ1n) is 6.07. The fraction of sp³-hybridized carbons (Fsp3) is 0.667. The van der Waals surface area contributed by atoms with Gasteiger partial charge in [-0.3, -0.25) is 0 Å². The van der Waals surface area contributed by atoms with Crippen LogP contribution in [-0.4, -0.2) is 46.5 Å². The molecule has 1 fully saturated rings. The van der Waals surface area contributed by atoms with Crippen molar-refractivity contribution in [3.8, 4) is 0 Å². The number of hydrogen-bond acceptors (Lipinski definition) is 5. The van der Waals surface area contributed by atoms with Crippen molar-refractivity contribution in [3.05, 3.63) is 17.6 Å². The van der Waals surface area contributed by atoms with E-state index in [2.05, 4.69) is 9.97 Å². The Morgan fingerprint density at radius 1 is 1.24 bits per heavy atom. The molecule has 0 atom stereocenters. The van der Waals surface area contributed by atoms with Gasteiger partial charge in [0.25, 0.3) is 0 Å². The lowest BCUT2D eigenvalue weighted by Crippen LogP contribution is -2.30. The molecule has 1 aliphatic rings. The van der Waals surface area contributed by atoms with Crippen molar-refractivity contribution in [3.63, 3.8) is 0 Å². The highest BCUT2D eigenvalue weighted by atomic mass is 16.3. The van der Waals surface area contributed by atoms with Crippen molar-refractivity contribution in [1.82, 2.24) is 9.97 Å². The summed E-state index contributed by atoms with van der Waals surface area (Å²) in [4.78, 5) is 10.9. The van der Waals surface area contributed by atoms with Gasteiger partial charge in [0.2, 0.25) is 0 Å². The zero-order chi connectivity index (χ0) is 12.3. The van der Waals surface area contributed by atoms with Gasteiger partial charge in [0, 0.05) is 30.8 Å². The van der Waals surface area contributed by atoms with E-state index in [-0.39, 0.29) is 13.2 Å². The fourth-order valence-electron chi connectivity index (χ4n) is 1.84. The minimum atomic E-state index is 0.0574. The summed E-state index contributed by atoms with van der Waals surface area (Å²) in [7, 11) is 0. The Morgan fingerprint density at radius 2 is 1.88 bits per heavy atom. The molecule has 0 aliphatic heterocycles.